The SMILES string of the molecule is COc1cc(-c2ncc3c(n2)CCNC3)cc(Cl)c1OC. The van der Waals surface area contributed by atoms with E-state index in [-0.39, 0.29) is 0 Å². The van der Waals surface area contributed by atoms with Gasteiger partial charge in [0.15, 0.2) is 17.3 Å². The van der Waals surface area contributed by atoms with E-state index in [1.54, 1.807) is 20.3 Å². The number of methoxy groups -OCH3 is 2. The molecule has 0 saturated carbocycles. The van der Waals surface area contributed by atoms with E-state index >= 15 is 0 Å². The molecule has 6 heteroatoms. The van der Waals surface area contributed by atoms with E-state index in [4.69, 9.17) is 21.1 Å². The summed E-state index contributed by atoms with van der Waals surface area (Å²) in [6, 6.07) is 3.64. The smallest absolute Gasteiger partial charge is 0.179 e. The van der Waals surface area contributed by atoms with E-state index in [0.717, 1.165) is 36.3 Å². The molecule has 0 atom stereocenters. The first kappa shape index (κ1) is 14.1. The summed E-state index contributed by atoms with van der Waals surface area (Å²) < 4.78 is 10.6. The minimum absolute atomic E-state index is 0.481. The second-order valence-electron chi connectivity index (χ2n) is 4.79. The van der Waals surface area contributed by atoms with Gasteiger partial charge in [0.25, 0.3) is 0 Å². The third-order valence-electron chi connectivity index (χ3n) is 3.50. The topological polar surface area (TPSA) is 56.3 Å². The zero-order valence-corrected chi connectivity index (χ0v) is 12.7. The molecule has 1 aromatic heterocycles. The van der Waals surface area contributed by atoms with Crippen molar-refractivity contribution in [3.8, 4) is 22.9 Å². The van der Waals surface area contributed by atoms with Crippen LogP contribution in [0.1, 0.15) is 11.3 Å². The molecule has 0 radical (unpaired) electrons. The molecule has 0 unspecified atom stereocenters. The second kappa shape index (κ2) is 5.87. The van der Waals surface area contributed by atoms with Crippen LogP contribution >= 0.6 is 11.6 Å². The van der Waals surface area contributed by atoms with Gasteiger partial charge in [-0.3, -0.25) is 0 Å². The van der Waals surface area contributed by atoms with Crippen LogP contribution in [0, 0.1) is 0 Å². The summed E-state index contributed by atoms with van der Waals surface area (Å²) in [6.07, 6.45) is 2.78. The van der Waals surface area contributed by atoms with Gasteiger partial charge in [-0.25, -0.2) is 9.97 Å². The molecule has 21 heavy (non-hydrogen) atoms. The number of rotatable bonds is 3. The van der Waals surface area contributed by atoms with Gasteiger partial charge in [-0.05, 0) is 12.1 Å². The molecular weight excluding hydrogens is 290 g/mol. The fourth-order valence-corrected chi connectivity index (χ4v) is 2.71. The number of hydrogen-bond acceptors (Lipinski definition) is 5. The summed E-state index contributed by atoms with van der Waals surface area (Å²) >= 11 is 6.24. The van der Waals surface area contributed by atoms with Gasteiger partial charge >= 0.3 is 0 Å². The normalized spacial score (nSPS) is 13.7. The number of fused-ring (bicyclic) bond motifs is 1. The van der Waals surface area contributed by atoms with E-state index in [9.17, 15) is 0 Å². The molecule has 1 aromatic carbocycles. The van der Waals surface area contributed by atoms with Crippen LogP contribution in [0.4, 0.5) is 0 Å². The zero-order chi connectivity index (χ0) is 14.8. The third-order valence-corrected chi connectivity index (χ3v) is 3.78. The summed E-state index contributed by atoms with van der Waals surface area (Å²) in [5.41, 5.74) is 3.06. The van der Waals surface area contributed by atoms with Gasteiger partial charge < -0.3 is 14.8 Å². The maximum atomic E-state index is 6.24. The Kier molecular flexibility index (Phi) is 3.94. The number of aromatic nitrogens is 2. The molecule has 1 N–H and O–H groups in total. The Morgan fingerprint density at radius 3 is 2.86 bits per heavy atom. The Morgan fingerprint density at radius 2 is 2.10 bits per heavy atom. The first-order valence-corrected chi connectivity index (χ1v) is 7.08. The Balaban J connectivity index is 2.06. The number of nitrogens with one attached hydrogen (secondary N) is 1. The van der Waals surface area contributed by atoms with E-state index in [0.29, 0.717) is 22.3 Å². The Hall–Kier alpha value is -1.85. The highest BCUT2D eigenvalue weighted by Crippen LogP contribution is 2.38. The lowest BCUT2D eigenvalue weighted by Crippen LogP contribution is -2.24. The second-order valence-corrected chi connectivity index (χ2v) is 5.19. The molecule has 0 aliphatic carbocycles. The maximum Gasteiger partial charge on any atom is 0.179 e. The summed E-state index contributed by atoms with van der Waals surface area (Å²) in [5.74, 6) is 1.74. The highest BCUT2D eigenvalue weighted by atomic mass is 35.5. The van der Waals surface area contributed by atoms with Crippen LogP contribution in [0.15, 0.2) is 18.3 Å². The molecule has 1 aliphatic heterocycles. The Bertz CT molecular complexity index is 676. The quantitative estimate of drug-likeness (QED) is 0.944. The first-order valence-electron chi connectivity index (χ1n) is 6.70. The highest BCUT2D eigenvalue weighted by molar-refractivity contribution is 6.32. The molecule has 110 valence electrons. The van der Waals surface area contributed by atoms with Crippen LogP contribution in [0.3, 0.4) is 0 Å². The molecule has 0 saturated heterocycles. The molecule has 0 spiro atoms. The van der Waals surface area contributed by atoms with Gasteiger partial charge in [0, 0.05) is 36.8 Å². The van der Waals surface area contributed by atoms with E-state index in [1.165, 1.54) is 0 Å². The van der Waals surface area contributed by atoms with Crippen molar-refractivity contribution >= 4 is 11.6 Å². The van der Waals surface area contributed by atoms with Crippen molar-refractivity contribution in [3.05, 3.63) is 34.6 Å². The molecule has 0 amide bonds. The summed E-state index contributed by atoms with van der Waals surface area (Å²) in [4.78, 5) is 9.08. The summed E-state index contributed by atoms with van der Waals surface area (Å²) in [6.45, 7) is 1.76. The lowest BCUT2D eigenvalue weighted by Gasteiger charge is -2.16. The molecular formula is C15H16ClN3O2. The summed E-state index contributed by atoms with van der Waals surface area (Å²) in [7, 11) is 3.14. The summed E-state index contributed by atoms with van der Waals surface area (Å²) in [5, 5.41) is 3.79. The van der Waals surface area contributed by atoms with Crippen molar-refractivity contribution in [2.24, 2.45) is 0 Å². The van der Waals surface area contributed by atoms with E-state index in [2.05, 4.69) is 15.3 Å². The number of halogens is 1. The maximum absolute atomic E-state index is 6.24. The Morgan fingerprint density at radius 1 is 1.24 bits per heavy atom. The fourth-order valence-electron chi connectivity index (χ4n) is 2.42. The standard InChI is InChI=1S/C15H16ClN3O2/c1-20-13-6-9(5-11(16)14(13)21-2)15-18-8-10-7-17-4-3-12(10)19-15/h5-6,8,17H,3-4,7H2,1-2H3. The van der Waals surface area contributed by atoms with Crippen molar-refractivity contribution in [1.82, 2.24) is 15.3 Å². The Labute approximate surface area is 128 Å². The van der Waals surface area contributed by atoms with Crippen LogP contribution in [0.2, 0.25) is 5.02 Å². The number of hydrogen-bond donors (Lipinski definition) is 1. The fraction of sp³-hybridized carbons (Fsp3) is 0.333. The van der Waals surface area contributed by atoms with Gasteiger partial charge in [-0.15, -0.1) is 0 Å². The van der Waals surface area contributed by atoms with Crippen molar-refractivity contribution in [1.29, 1.82) is 0 Å². The van der Waals surface area contributed by atoms with Gasteiger partial charge in [0.2, 0.25) is 0 Å². The molecule has 1 aliphatic rings. The zero-order valence-electron chi connectivity index (χ0n) is 11.9. The number of nitrogens with zero attached hydrogens (tertiary/aromatic N) is 2. The highest BCUT2D eigenvalue weighted by Gasteiger charge is 2.16. The molecule has 2 heterocycles. The van der Waals surface area contributed by atoms with Gasteiger partial charge in [0.05, 0.1) is 24.9 Å². The first-order chi connectivity index (χ1) is 10.2. The van der Waals surface area contributed by atoms with Gasteiger partial charge in [0.1, 0.15) is 0 Å². The molecule has 5 nitrogen and oxygen atoms in total. The van der Waals surface area contributed by atoms with Crippen molar-refractivity contribution in [2.45, 2.75) is 13.0 Å². The minimum atomic E-state index is 0.481. The molecule has 2 aromatic rings. The molecule has 3 rings (SSSR count). The van der Waals surface area contributed by atoms with Gasteiger partial charge in [-0.2, -0.15) is 0 Å². The van der Waals surface area contributed by atoms with E-state index < -0.39 is 0 Å². The third kappa shape index (κ3) is 2.66. The molecule has 0 fully saturated rings. The van der Waals surface area contributed by atoms with Crippen molar-refractivity contribution in [2.75, 3.05) is 20.8 Å². The average molecular weight is 306 g/mol. The average Bonchev–Trinajstić information content (AvgIpc) is 2.53. The minimum Gasteiger partial charge on any atom is -0.493 e. The lowest BCUT2D eigenvalue weighted by atomic mass is 10.1. The van der Waals surface area contributed by atoms with Crippen LogP contribution in [-0.2, 0) is 13.0 Å². The van der Waals surface area contributed by atoms with Gasteiger partial charge in [-0.1, -0.05) is 11.6 Å². The lowest BCUT2D eigenvalue weighted by molar-refractivity contribution is 0.355. The predicted molar refractivity (Wildman–Crippen MR) is 81.0 cm³/mol. The van der Waals surface area contributed by atoms with Crippen LogP contribution < -0.4 is 14.8 Å². The van der Waals surface area contributed by atoms with Crippen molar-refractivity contribution < 1.29 is 9.47 Å². The van der Waals surface area contributed by atoms with Crippen LogP contribution in [0.25, 0.3) is 11.4 Å². The number of ether oxygens (including phenoxy) is 2. The monoisotopic (exact) mass is 305 g/mol. The predicted octanol–water partition coefficient (Wildman–Crippen LogP) is 2.46. The van der Waals surface area contributed by atoms with Crippen molar-refractivity contribution in [3.63, 3.8) is 0 Å². The van der Waals surface area contributed by atoms with E-state index in [1.807, 2.05) is 12.3 Å². The molecule has 0 bridgehead atoms. The van der Waals surface area contributed by atoms with Crippen LogP contribution in [-0.4, -0.2) is 30.7 Å². The number of benzene rings is 1. The largest absolute Gasteiger partial charge is 0.493 e. The van der Waals surface area contributed by atoms with Crippen LogP contribution in [0.5, 0.6) is 11.5 Å².